The number of allylic oxidation sites excluding steroid dienone is 8. The highest BCUT2D eigenvalue weighted by atomic mass is 16.5. The van der Waals surface area contributed by atoms with Crippen LogP contribution >= 0.6 is 0 Å². The summed E-state index contributed by atoms with van der Waals surface area (Å²) in [5, 5.41) is 0. The molecule has 0 saturated heterocycles. The van der Waals surface area contributed by atoms with E-state index in [1.54, 1.807) is 0 Å². The van der Waals surface area contributed by atoms with Crippen LogP contribution in [0.1, 0.15) is 226 Å². The molecular formula is C53H96N2O5. The van der Waals surface area contributed by atoms with Gasteiger partial charge in [-0.3, -0.25) is 14.4 Å². The summed E-state index contributed by atoms with van der Waals surface area (Å²) >= 11 is 0. The Balaban J connectivity index is 4.88. The Labute approximate surface area is 371 Å². The van der Waals surface area contributed by atoms with Crippen molar-refractivity contribution in [1.82, 2.24) is 9.80 Å². The van der Waals surface area contributed by atoms with Gasteiger partial charge in [0.05, 0.1) is 6.04 Å². The predicted octanol–water partition coefficient (Wildman–Crippen LogP) is 14.6. The topological polar surface area (TPSA) is 76.2 Å². The van der Waals surface area contributed by atoms with Crippen LogP contribution < -0.4 is 0 Å². The Kier molecular flexibility index (Phi) is 43.8. The van der Waals surface area contributed by atoms with Gasteiger partial charge in [0.25, 0.3) is 0 Å². The normalized spacial score (nSPS) is 12.1. The lowest BCUT2D eigenvalue weighted by molar-refractivity contribution is -0.154. The third-order valence-corrected chi connectivity index (χ3v) is 11.0. The second kappa shape index (κ2) is 45.8. The fourth-order valence-corrected chi connectivity index (χ4v) is 7.18. The van der Waals surface area contributed by atoms with Gasteiger partial charge < -0.3 is 19.3 Å². The first-order valence-corrected chi connectivity index (χ1v) is 25.2. The number of nitrogens with zero attached hydrogens (tertiary/aromatic N) is 2. The fourth-order valence-electron chi connectivity index (χ4n) is 7.18. The summed E-state index contributed by atoms with van der Waals surface area (Å²) in [6.07, 6.45) is 51.8. The number of carbonyl (C=O) groups excluding carboxylic acids is 3. The molecule has 7 heteroatoms. The molecule has 0 atom stereocenters. The van der Waals surface area contributed by atoms with Crippen LogP contribution in [0.25, 0.3) is 0 Å². The molecule has 0 aromatic carbocycles. The molecule has 0 fully saturated rings. The van der Waals surface area contributed by atoms with E-state index >= 15 is 0 Å². The van der Waals surface area contributed by atoms with Gasteiger partial charge in [0, 0.05) is 25.8 Å². The zero-order valence-corrected chi connectivity index (χ0v) is 40.1. The lowest BCUT2D eigenvalue weighted by Crippen LogP contribution is -2.47. The van der Waals surface area contributed by atoms with Crippen LogP contribution in [0.2, 0.25) is 0 Å². The fraction of sp³-hybridized carbons (Fsp3) is 0.792. The van der Waals surface area contributed by atoms with Crippen LogP contribution in [0.15, 0.2) is 48.6 Å². The smallest absolute Gasteiger partial charge is 0.305 e. The van der Waals surface area contributed by atoms with Gasteiger partial charge in [0.2, 0.25) is 5.91 Å². The second-order valence-electron chi connectivity index (χ2n) is 17.2. The lowest BCUT2D eigenvalue weighted by Gasteiger charge is -2.32. The first-order chi connectivity index (χ1) is 29.3. The van der Waals surface area contributed by atoms with Gasteiger partial charge >= 0.3 is 11.9 Å². The van der Waals surface area contributed by atoms with Gasteiger partial charge in [-0.2, -0.15) is 0 Å². The van der Waals surface area contributed by atoms with Crippen molar-refractivity contribution in [1.29, 1.82) is 0 Å². The zero-order valence-electron chi connectivity index (χ0n) is 40.1. The highest BCUT2D eigenvalue weighted by Crippen LogP contribution is 2.15. The maximum absolute atomic E-state index is 13.7. The summed E-state index contributed by atoms with van der Waals surface area (Å²) in [6.45, 7) is 8.19. The van der Waals surface area contributed by atoms with E-state index in [0.29, 0.717) is 25.8 Å². The number of esters is 2. The largest absolute Gasteiger partial charge is 0.463 e. The molecule has 0 radical (unpaired) electrons. The number of hydrogen-bond acceptors (Lipinski definition) is 6. The average Bonchev–Trinajstić information content (AvgIpc) is 3.23. The van der Waals surface area contributed by atoms with Crippen LogP contribution in [0.5, 0.6) is 0 Å². The Morgan fingerprint density at radius 1 is 0.417 bits per heavy atom. The van der Waals surface area contributed by atoms with Crippen LogP contribution in [-0.4, -0.2) is 74.1 Å². The first-order valence-electron chi connectivity index (χ1n) is 25.2. The van der Waals surface area contributed by atoms with Crippen LogP contribution in [0, 0.1) is 0 Å². The van der Waals surface area contributed by atoms with Crippen molar-refractivity contribution in [3.05, 3.63) is 48.6 Å². The zero-order chi connectivity index (χ0) is 44.0. The summed E-state index contributed by atoms with van der Waals surface area (Å²) < 4.78 is 11.6. The number of unbranched alkanes of at least 4 members (excludes halogenated alkanes) is 21. The summed E-state index contributed by atoms with van der Waals surface area (Å²) in [5.74, 6) is -0.415. The molecule has 0 N–H and O–H groups in total. The van der Waals surface area contributed by atoms with Gasteiger partial charge in [0.1, 0.15) is 13.2 Å². The molecule has 0 spiro atoms. The minimum atomic E-state index is -0.484. The van der Waals surface area contributed by atoms with Gasteiger partial charge in [-0.1, -0.05) is 166 Å². The van der Waals surface area contributed by atoms with E-state index in [-0.39, 0.29) is 31.1 Å². The van der Waals surface area contributed by atoms with E-state index in [4.69, 9.17) is 9.47 Å². The van der Waals surface area contributed by atoms with E-state index in [1.807, 2.05) is 19.0 Å². The quantitative estimate of drug-likeness (QED) is 0.0345. The van der Waals surface area contributed by atoms with E-state index in [9.17, 15) is 14.4 Å². The summed E-state index contributed by atoms with van der Waals surface area (Å²) in [4.78, 5) is 43.5. The molecule has 0 aliphatic rings. The summed E-state index contributed by atoms with van der Waals surface area (Å²) in [7, 11) is 4.06. The number of rotatable bonds is 44. The predicted molar refractivity (Wildman–Crippen MR) is 257 cm³/mol. The second-order valence-corrected chi connectivity index (χ2v) is 17.2. The monoisotopic (exact) mass is 841 g/mol. The Morgan fingerprint density at radius 2 is 0.767 bits per heavy atom. The van der Waals surface area contributed by atoms with Gasteiger partial charge in [-0.05, 0) is 111 Å². The summed E-state index contributed by atoms with van der Waals surface area (Å²) in [5.41, 5.74) is 0. The van der Waals surface area contributed by atoms with Crippen molar-refractivity contribution < 1.29 is 23.9 Å². The third kappa shape index (κ3) is 40.7. The van der Waals surface area contributed by atoms with E-state index in [2.05, 4.69) is 74.3 Å². The molecule has 0 saturated carbocycles. The Hall–Kier alpha value is -2.67. The SMILES string of the molecule is CCCCC/C=C\C/C=C\CCCCCCCC(=O)OCC(COC(=O)CCCCCCC/C=C\C/C=C\CCCCC)N(CCCN(C)C)C(=O)CCCCCCCC. The Bertz CT molecular complexity index is 1030. The van der Waals surface area contributed by atoms with Crippen LogP contribution in [0.4, 0.5) is 0 Å². The molecule has 0 aromatic heterocycles. The van der Waals surface area contributed by atoms with E-state index in [0.717, 1.165) is 109 Å². The lowest BCUT2D eigenvalue weighted by atomic mass is 10.1. The molecule has 0 aliphatic heterocycles. The first kappa shape index (κ1) is 57.3. The highest BCUT2D eigenvalue weighted by Gasteiger charge is 2.26. The number of hydrogen-bond donors (Lipinski definition) is 0. The highest BCUT2D eigenvalue weighted by molar-refractivity contribution is 5.77. The third-order valence-electron chi connectivity index (χ3n) is 11.0. The molecule has 0 rings (SSSR count). The van der Waals surface area contributed by atoms with Crippen molar-refractivity contribution in [3.63, 3.8) is 0 Å². The standard InChI is InChI=1S/C53H96N2O5/c1-6-9-12-15-18-20-22-24-26-28-30-32-34-37-40-44-52(57)59-48-50(55(47-42-46-54(4)5)51(56)43-39-36-17-14-11-8-3)49-60-53(58)45-41-38-35-33-31-29-27-25-23-21-19-16-13-10-7-2/h18-21,24-27,50H,6-17,22-23,28-49H2,1-5H3/b20-18-,21-19-,26-24-,27-25-. The number of carbonyl (C=O) groups is 3. The molecule has 0 aromatic rings. The Morgan fingerprint density at radius 3 is 1.18 bits per heavy atom. The molecule has 348 valence electrons. The summed E-state index contributed by atoms with van der Waals surface area (Å²) in [6, 6.07) is -0.484. The van der Waals surface area contributed by atoms with Crippen LogP contribution in [0.3, 0.4) is 0 Å². The van der Waals surface area contributed by atoms with E-state index < -0.39 is 6.04 Å². The molecular weight excluding hydrogens is 745 g/mol. The van der Waals surface area contributed by atoms with Gasteiger partial charge in [-0.25, -0.2) is 0 Å². The minimum Gasteiger partial charge on any atom is -0.463 e. The van der Waals surface area contributed by atoms with Crippen molar-refractivity contribution in [2.45, 2.75) is 232 Å². The number of amides is 1. The van der Waals surface area contributed by atoms with Crippen molar-refractivity contribution in [3.8, 4) is 0 Å². The van der Waals surface area contributed by atoms with Crippen LogP contribution in [-0.2, 0) is 23.9 Å². The van der Waals surface area contributed by atoms with E-state index in [1.165, 1.54) is 83.5 Å². The van der Waals surface area contributed by atoms with Crippen molar-refractivity contribution in [2.24, 2.45) is 0 Å². The molecule has 0 unspecified atom stereocenters. The molecule has 7 nitrogen and oxygen atoms in total. The maximum atomic E-state index is 13.7. The van der Waals surface area contributed by atoms with Crippen molar-refractivity contribution in [2.75, 3.05) is 40.4 Å². The molecule has 60 heavy (non-hydrogen) atoms. The average molecular weight is 841 g/mol. The molecule has 0 bridgehead atoms. The van der Waals surface area contributed by atoms with Crippen molar-refractivity contribution >= 4 is 17.8 Å². The molecule has 1 amide bonds. The minimum absolute atomic E-state index is 0.0558. The van der Waals surface area contributed by atoms with Gasteiger partial charge in [-0.15, -0.1) is 0 Å². The molecule has 0 aliphatic carbocycles. The van der Waals surface area contributed by atoms with Gasteiger partial charge in [0.15, 0.2) is 0 Å². The molecule has 0 heterocycles. The number of ether oxygens (including phenoxy) is 2. The maximum Gasteiger partial charge on any atom is 0.305 e.